The predicted molar refractivity (Wildman–Crippen MR) is 125 cm³/mol. The second-order valence-corrected chi connectivity index (χ2v) is 9.71. The molecule has 3 heterocycles. The molecule has 1 saturated heterocycles. The molecule has 0 aliphatic carbocycles. The third-order valence-electron chi connectivity index (χ3n) is 5.77. The fourth-order valence-corrected chi connectivity index (χ4v) is 5.30. The van der Waals surface area contributed by atoms with Crippen LogP contribution in [0.4, 0.5) is 0 Å². The van der Waals surface area contributed by atoms with E-state index in [1.165, 1.54) is 20.9 Å². The molecule has 1 fully saturated rings. The minimum atomic E-state index is -0.661. The lowest BCUT2D eigenvalue weighted by Crippen LogP contribution is -2.41. The summed E-state index contributed by atoms with van der Waals surface area (Å²) in [6.07, 6.45) is 10.5. The molecule has 2 N–H and O–H groups in total. The van der Waals surface area contributed by atoms with Gasteiger partial charge in [-0.05, 0) is 32.6 Å². The zero-order valence-electron chi connectivity index (χ0n) is 18.6. The largest absolute Gasteiger partial charge is 0.395 e. The minimum Gasteiger partial charge on any atom is -0.395 e. The van der Waals surface area contributed by atoms with Crippen molar-refractivity contribution < 1.29 is 10.2 Å². The molecule has 3 rings (SSSR count). The molecule has 2 aromatic rings. The third kappa shape index (κ3) is 5.99. The van der Waals surface area contributed by atoms with Gasteiger partial charge < -0.3 is 10.2 Å². The summed E-state index contributed by atoms with van der Waals surface area (Å²) in [5, 5.41) is 27.2. The van der Waals surface area contributed by atoms with E-state index in [4.69, 9.17) is 0 Å². The Morgan fingerprint density at radius 1 is 1.22 bits per heavy atom. The van der Waals surface area contributed by atoms with E-state index in [1.54, 1.807) is 13.1 Å². The predicted octanol–water partition coefficient (Wildman–Crippen LogP) is 1.65. The van der Waals surface area contributed by atoms with Crippen LogP contribution in [0.2, 0.25) is 0 Å². The monoisotopic (exact) mass is 463 g/mol. The number of hydrogen-bond acceptors (Lipinski definition) is 7. The number of nitrogens with zero attached hydrogens (tertiary/aromatic N) is 5. The number of rotatable bonds is 12. The lowest BCUT2D eigenvalue weighted by molar-refractivity contribution is 0.137. The van der Waals surface area contributed by atoms with E-state index in [1.807, 2.05) is 17.0 Å². The third-order valence-corrected chi connectivity index (χ3v) is 7.32. The van der Waals surface area contributed by atoms with Crippen molar-refractivity contribution >= 4 is 11.8 Å². The SMILES string of the molecule is C=CCCn1cc(CCCCCCn2c(=O)c(C)cn(C3CC(O)[C@@H](CO)S3)c2=O)nn1. The van der Waals surface area contributed by atoms with Crippen molar-refractivity contribution in [3.63, 3.8) is 0 Å². The van der Waals surface area contributed by atoms with Crippen LogP contribution in [0.3, 0.4) is 0 Å². The van der Waals surface area contributed by atoms with Crippen LogP contribution in [0, 0.1) is 6.92 Å². The fraction of sp³-hybridized carbons (Fsp3) is 0.636. The molecule has 10 heteroatoms. The average Bonchev–Trinajstić information content (AvgIpc) is 3.39. The van der Waals surface area contributed by atoms with E-state index in [-0.39, 0.29) is 28.5 Å². The van der Waals surface area contributed by atoms with Crippen LogP contribution in [0.25, 0.3) is 0 Å². The van der Waals surface area contributed by atoms with Gasteiger partial charge in [-0.15, -0.1) is 23.4 Å². The van der Waals surface area contributed by atoms with Crippen LogP contribution in [-0.4, -0.2) is 52.3 Å². The number of aromatic nitrogens is 5. The number of thioether (sulfide) groups is 1. The van der Waals surface area contributed by atoms with Crippen molar-refractivity contribution in [3.8, 4) is 0 Å². The maximum absolute atomic E-state index is 13.0. The lowest BCUT2D eigenvalue weighted by Gasteiger charge is -2.16. The summed E-state index contributed by atoms with van der Waals surface area (Å²) in [5.41, 5.74) is 0.876. The van der Waals surface area contributed by atoms with Crippen molar-refractivity contribution in [2.45, 2.75) is 81.7 Å². The highest BCUT2D eigenvalue weighted by atomic mass is 32.2. The summed E-state index contributed by atoms with van der Waals surface area (Å²) in [6.45, 7) is 6.44. The zero-order valence-corrected chi connectivity index (χ0v) is 19.4. The molecule has 1 aliphatic rings. The molecule has 0 amide bonds. The van der Waals surface area contributed by atoms with Crippen molar-refractivity contribution in [2.24, 2.45) is 0 Å². The fourth-order valence-electron chi connectivity index (χ4n) is 3.93. The summed E-state index contributed by atoms with van der Waals surface area (Å²) in [5.74, 6) is 0. The van der Waals surface area contributed by atoms with Gasteiger partial charge in [-0.3, -0.25) is 18.6 Å². The van der Waals surface area contributed by atoms with E-state index >= 15 is 0 Å². The van der Waals surface area contributed by atoms with Crippen LogP contribution < -0.4 is 11.2 Å². The second-order valence-electron chi connectivity index (χ2n) is 8.29. The van der Waals surface area contributed by atoms with Crippen molar-refractivity contribution in [1.82, 2.24) is 24.1 Å². The molecular weight excluding hydrogens is 430 g/mol. The molecule has 9 nitrogen and oxygen atoms in total. The molecule has 0 spiro atoms. The number of allylic oxidation sites excluding steroid dienone is 1. The molecule has 2 unspecified atom stereocenters. The van der Waals surface area contributed by atoms with Gasteiger partial charge in [0, 0.05) is 37.5 Å². The Hall–Kier alpha value is -2.17. The molecule has 0 saturated carbocycles. The summed E-state index contributed by atoms with van der Waals surface area (Å²) in [7, 11) is 0. The van der Waals surface area contributed by atoms with Gasteiger partial charge in [0.25, 0.3) is 5.56 Å². The smallest absolute Gasteiger partial charge is 0.331 e. The molecule has 1 aliphatic heterocycles. The van der Waals surface area contributed by atoms with E-state index in [0.717, 1.165) is 50.8 Å². The highest BCUT2D eigenvalue weighted by molar-refractivity contribution is 8.00. The number of hydrogen-bond donors (Lipinski definition) is 2. The molecule has 0 radical (unpaired) electrons. The maximum atomic E-state index is 13.0. The van der Waals surface area contributed by atoms with E-state index in [2.05, 4.69) is 16.9 Å². The Bertz CT molecular complexity index is 1010. The standard InChI is InChI=1S/C22H33N5O4S/c1-3-4-10-25-14-17(23-24-25)9-7-5-6-8-11-26-21(30)16(2)13-27(22(26)31)20-12-18(29)19(15-28)32-20/h3,13-14,18-20,28-29H,1,4-12,15H2,2H3/t18?,19-,20?/m1/s1. The van der Waals surface area contributed by atoms with Crippen LogP contribution in [-0.2, 0) is 19.5 Å². The summed E-state index contributed by atoms with van der Waals surface area (Å²) < 4.78 is 4.67. The molecular formula is C22H33N5O4S. The number of aliphatic hydroxyl groups excluding tert-OH is 2. The van der Waals surface area contributed by atoms with Gasteiger partial charge in [0.1, 0.15) is 0 Å². The first kappa shape index (κ1) is 24.5. The first-order valence-electron chi connectivity index (χ1n) is 11.2. The van der Waals surface area contributed by atoms with Crippen LogP contribution >= 0.6 is 11.8 Å². The van der Waals surface area contributed by atoms with Gasteiger partial charge in [0.2, 0.25) is 0 Å². The molecule has 176 valence electrons. The van der Waals surface area contributed by atoms with Gasteiger partial charge in [-0.1, -0.05) is 24.1 Å². The van der Waals surface area contributed by atoms with Crippen LogP contribution in [0.1, 0.15) is 55.2 Å². The van der Waals surface area contributed by atoms with Gasteiger partial charge in [0.05, 0.1) is 29.0 Å². The Morgan fingerprint density at radius 3 is 2.72 bits per heavy atom. The Balaban J connectivity index is 1.51. The highest BCUT2D eigenvalue weighted by Crippen LogP contribution is 2.40. The zero-order chi connectivity index (χ0) is 23.1. The first-order chi connectivity index (χ1) is 15.4. The van der Waals surface area contributed by atoms with Crippen molar-refractivity contribution in [3.05, 3.63) is 57.1 Å². The van der Waals surface area contributed by atoms with Crippen molar-refractivity contribution in [1.29, 1.82) is 0 Å². The van der Waals surface area contributed by atoms with Crippen LogP contribution in [0.15, 0.2) is 34.6 Å². The highest BCUT2D eigenvalue weighted by Gasteiger charge is 2.35. The minimum absolute atomic E-state index is 0.138. The topological polar surface area (TPSA) is 115 Å². The van der Waals surface area contributed by atoms with Gasteiger partial charge in [-0.25, -0.2) is 4.79 Å². The second kappa shape index (κ2) is 11.6. The Kier molecular flexibility index (Phi) is 8.89. The Labute approximate surface area is 191 Å². The molecule has 0 bridgehead atoms. The Morgan fingerprint density at radius 2 is 2.00 bits per heavy atom. The molecule has 32 heavy (non-hydrogen) atoms. The molecule has 0 aromatic carbocycles. The quantitative estimate of drug-likeness (QED) is 0.363. The van der Waals surface area contributed by atoms with Gasteiger partial charge in [0.15, 0.2) is 0 Å². The normalized spacial score (nSPS) is 20.7. The summed E-state index contributed by atoms with van der Waals surface area (Å²) >= 11 is 1.38. The number of aliphatic hydroxyl groups is 2. The lowest BCUT2D eigenvalue weighted by atomic mass is 10.1. The molecule has 3 atom stereocenters. The number of aryl methyl sites for hydroxylation is 3. The maximum Gasteiger partial charge on any atom is 0.331 e. The van der Waals surface area contributed by atoms with E-state index in [9.17, 15) is 19.8 Å². The summed E-state index contributed by atoms with van der Waals surface area (Å²) in [6, 6.07) is 0. The average molecular weight is 464 g/mol. The first-order valence-corrected chi connectivity index (χ1v) is 12.2. The number of unbranched alkanes of at least 4 members (excludes halogenated alkanes) is 3. The van der Waals surface area contributed by atoms with E-state index < -0.39 is 6.10 Å². The summed E-state index contributed by atoms with van der Waals surface area (Å²) in [4.78, 5) is 25.5. The van der Waals surface area contributed by atoms with Crippen molar-refractivity contribution in [2.75, 3.05) is 6.61 Å². The van der Waals surface area contributed by atoms with Gasteiger partial charge >= 0.3 is 5.69 Å². The van der Waals surface area contributed by atoms with Crippen LogP contribution in [0.5, 0.6) is 0 Å². The van der Waals surface area contributed by atoms with Gasteiger partial charge in [-0.2, -0.15) is 0 Å². The van der Waals surface area contributed by atoms with E-state index in [0.29, 0.717) is 18.5 Å². The molecule has 2 aromatic heterocycles.